The van der Waals surface area contributed by atoms with Crippen LogP contribution in [0.3, 0.4) is 0 Å². The van der Waals surface area contributed by atoms with Crippen molar-refractivity contribution in [2.24, 2.45) is 5.92 Å². The highest BCUT2D eigenvalue weighted by Gasteiger charge is 2.45. The van der Waals surface area contributed by atoms with Crippen LogP contribution in [-0.2, 0) is 4.79 Å². The van der Waals surface area contributed by atoms with Gasteiger partial charge < -0.3 is 14.7 Å². The zero-order valence-corrected chi connectivity index (χ0v) is 19.3. The van der Waals surface area contributed by atoms with E-state index in [1.165, 1.54) is 0 Å². The maximum absolute atomic E-state index is 13.6. The second-order valence-electron chi connectivity index (χ2n) is 9.38. The summed E-state index contributed by atoms with van der Waals surface area (Å²) in [5.74, 6) is 0.789. The number of hydrogen-bond acceptors (Lipinski definition) is 6. The molecule has 1 saturated carbocycles. The van der Waals surface area contributed by atoms with Crippen molar-refractivity contribution in [3.63, 3.8) is 0 Å². The summed E-state index contributed by atoms with van der Waals surface area (Å²) in [5, 5.41) is 16.4. The van der Waals surface area contributed by atoms with Gasteiger partial charge in [-0.05, 0) is 43.9 Å². The molecule has 2 aromatic rings. The third-order valence-electron chi connectivity index (χ3n) is 6.71. The summed E-state index contributed by atoms with van der Waals surface area (Å²) in [5.41, 5.74) is 0.927. The lowest BCUT2D eigenvalue weighted by Crippen LogP contribution is -2.47. The molecule has 2 aliphatic rings. The molecule has 33 heavy (non-hydrogen) atoms. The zero-order valence-electron chi connectivity index (χ0n) is 19.3. The second-order valence-corrected chi connectivity index (χ2v) is 9.38. The Labute approximate surface area is 194 Å². The summed E-state index contributed by atoms with van der Waals surface area (Å²) in [7, 11) is 0. The van der Waals surface area contributed by atoms with Crippen molar-refractivity contribution in [3.8, 4) is 6.07 Å². The van der Waals surface area contributed by atoms with Gasteiger partial charge in [0, 0.05) is 36.5 Å². The largest absolute Gasteiger partial charge is 0.356 e. The molecule has 1 aliphatic heterocycles. The molecule has 174 valence electrons. The average Bonchev–Trinajstić information content (AvgIpc) is 3.47. The van der Waals surface area contributed by atoms with Crippen molar-refractivity contribution in [1.82, 2.24) is 20.4 Å². The molecular weight excluding hydrogens is 418 g/mol. The molecule has 3 atom stereocenters. The van der Waals surface area contributed by atoms with Crippen LogP contribution in [0, 0.1) is 17.2 Å². The summed E-state index contributed by atoms with van der Waals surface area (Å²) in [6.45, 7) is 5.26. The van der Waals surface area contributed by atoms with Crippen LogP contribution in [0.15, 0.2) is 28.8 Å². The molecule has 0 spiro atoms. The molecule has 0 radical (unpaired) electrons. The van der Waals surface area contributed by atoms with Gasteiger partial charge >= 0.3 is 0 Å². The lowest BCUT2D eigenvalue weighted by molar-refractivity contribution is -0.126. The van der Waals surface area contributed by atoms with E-state index in [1.54, 1.807) is 24.3 Å². The summed E-state index contributed by atoms with van der Waals surface area (Å²) in [6.07, 6.45) is 5.00. The third kappa shape index (κ3) is 5.08. The van der Waals surface area contributed by atoms with Crippen LogP contribution in [0.4, 0.5) is 0 Å². The minimum absolute atomic E-state index is 0.0171. The highest BCUT2D eigenvalue weighted by atomic mass is 16.5. The Morgan fingerprint density at radius 1 is 1.24 bits per heavy atom. The molecule has 2 amide bonds. The van der Waals surface area contributed by atoms with E-state index in [9.17, 15) is 14.9 Å². The Bertz CT molecular complexity index is 1040. The van der Waals surface area contributed by atoms with Crippen LogP contribution < -0.4 is 5.32 Å². The van der Waals surface area contributed by atoms with Gasteiger partial charge in [0.05, 0.1) is 17.6 Å². The normalized spacial score (nSPS) is 24.0. The first-order valence-electron chi connectivity index (χ1n) is 11.9. The van der Waals surface area contributed by atoms with Crippen LogP contribution in [0.5, 0.6) is 0 Å². The molecule has 2 fully saturated rings. The van der Waals surface area contributed by atoms with Crippen LogP contribution in [-0.4, -0.2) is 46.0 Å². The van der Waals surface area contributed by atoms with Gasteiger partial charge in [0.1, 0.15) is 0 Å². The molecule has 2 heterocycles. The molecule has 8 nitrogen and oxygen atoms in total. The number of amides is 2. The van der Waals surface area contributed by atoms with Crippen LogP contribution >= 0.6 is 0 Å². The van der Waals surface area contributed by atoms with E-state index in [0.717, 1.165) is 25.7 Å². The van der Waals surface area contributed by atoms with Crippen molar-refractivity contribution >= 4 is 11.8 Å². The molecule has 1 aromatic heterocycles. The van der Waals surface area contributed by atoms with E-state index < -0.39 is 0 Å². The number of nitriles is 1. The van der Waals surface area contributed by atoms with Crippen molar-refractivity contribution in [2.75, 3.05) is 13.1 Å². The predicted octanol–water partition coefficient (Wildman–Crippen LogP) is 3.76. The van der Waals surface area contributed by atoms with Gasteiger partial charge in [0.2, 0.25) is 11.8 Å². The summed E-state index contributed by atoms with van der Waals surface area (Å²) < 4.78 is 5.56. The number of rotatable bonds is 3. The lowest BCUT2D eigenvalue weighted by Gasteiger charge is -2.32. The first-order chi connectivity index (χ1) is 16.0. The molecule has 8 heteroatoms. The molecule has 1 aliphatic carbocycles. The SMILES string of the molecule is CC(C)c1noc([C@@H]2C[C@H]3C(=O)NCCCCCCN(C(=O)c4cccc(C#N)c4)[C@H]3C2)n1. The minimum atomic E-state index is -0.342. The number of nitrogens with zero attached hydrogens (tertiary/aromatic N) is 4. The van der Waals surface area contributed by atoms with Crippen molar-refractivity contribution in [1.29, 1.82) is 5.26 Å². The maximum Gasteiger partial charge on any atom is 0.254 e. The van der Waals surface area contributed by atoms with E-state index >= 15 is 0 Å². The fourth-order valence-corrected chi connectivity index (χ4v) is 4.90. The lowest BCUT2D eigenvalue weighted by atomic mass is 9.99. The molecule has 0 bridgehead atoms. The van der Waals surface area contributed by atoms with E-state index in [1.807, 2.05) is 18.7 Å². The van der Waals surface area contributed by atoms with Gasteiger partial charge in [-0.15, -0.1) is 0 Å². The van der Waals surface area contributed by atoms with Gasteiger partial charge in [0.15, 0.2) is 5.82 Å². The summed E-state index contributed by atoms with van der Waals surface area (Å²) in [4.78, 5) is 33.2. The number of fused-ring (bicyclic) bond motifs is 1. The predicted molar refractivity (Wildman–Crippen MR) is 121 cm³/mol. The van der Waals surface area contributed by atoms with E-state index in [2.05, 4.69) is 21.5 Å². The van der Waals surface area contributed by atoms with E-state index in [0.29, 0.717) is 48.8 Å². The van der Waals surface area contributed by atoms with Gasteiger partial charge in [-0.3, -0.25) is 9.59 Å². The molecular formula is C25H31N5O3. The van der Waals surface area contributed by atoms with Crippen molar-refractivity contribution < 1.29 is 14.1 Å². The average molecular weight is 450 g/mol. The molecule has 0 unspecified atom stereocenters. The molecule has 1 saturated heterocycles. The summed E-state index contributed by atoms with van der Waals surface area (Å²) >= 11 is 0. The third-order valence-corrected chi connectivity index (χ3v) is 6.71. The van der Waals surface area contributed by atoms with Crippen molar-refractivity contribution in [2.45, 2.75) is 70.3 Å². The van der Waals surface area contributed by atoms with Crippen LogP contribution in [0.25, 0.3) is 0 Å². The Morgan fingerprint density at radius 2 is 2.06 bits per heavy atom. The monoisotopic (exact) mass is 449 g/mol. The number of carbonyl (C=O) groups excluding carboxylic acids is 2. The first kappa shape index (κ1) is 23.0. The number of nitrogens with one attached hydrogen (secondary N) is 1. The quantitative estimate of drug-likeness (QED) is 0.763. The topological polar surface area (TPSA) is 112 Å². The molecule has 1 N–H and O–H groups in total. The van der Waals surface area contributed by atoms with Gasteiger partial charge in [-0.25, -0.2) is 0 Å². The first-order valence-corrected chi connectivity index (χ1v) is 11.9. The number of hydrogen-bond donors (Lipinski definition) is 1. The zero-order chi connectivity index (χ0) is 23.4. The van der Waals surface area contributed by atoms with Crippen molar-refractivity contribution in [3.05, 3.63) is 47.1 Å². The van der Waals surface area contributed by atoms with Crippen LogP contribution in [0.2, 0.25) is 0 Å². The van der Waals surface area contributed by atoms with Gasteiger partial charge in [0.25, 0.3) is 5.91 Å². The van der Waals surface area contributed by atoms with Gasteiger partial charge in [-0.2, -0.15) is 10.2 Å². The standard InChI is InChI=1S/C25H31N5O3/c1-16(2)22-28-24(33-29-22)19-13-20-21(14-19)30(11-6-4-3-5-10-27-23(20)31)25(32)18-9-7-8-17(12-18)15-26/h7-9,12,16,19-21H,3-6,10-11,13-14H2,1-2H3,(H,27,31)/t19-,20-,21+/m1/s1. The second kappa shape index (κ2) is 10.2. The fraction of sp³-hybridized carbons (Fsp3) is 0.560. The van der Waals surface area contributed by atoms with E-state index in [4.69, 9.17) is 4.52 Å². The smallest absolute Gasteiger partial charge is 0.254 e. The molecule has 1 aromatic carbocycles. The maximum atomic E-state index is 13.6. The Morgan fingerprint density at radius 3 is 2.82 bits per heavy atom. The molecule has 4 rings (SSSR count). The van der Waals surface area contributed by atoms with Gasteiger partial charge in [-0.1, -0.05) is 37.9 Å². The Kier molecular flexibility index (Phi) is 7.07. The highest BCUT2D eigenvalue weighted by Crippen LogP contribution is 2.41. The minimum Gasteiger partial charge on any atom is -0.356 e. The Hall–Kier alpha value is -3.21. The highest BCUT2D eigenvalue weighted by molar-refractivity contribution is 5.95. The Balaban J connectivity index is 1.66. The number of aromatic nitrogens is 2. The van der Waals surface area contributed by atoms with E-state index in [-0.39, 0.29) is 35.6 Å². The van der Waals surface area contributed by atoms with Crippen LogP contribution in [0.1, 0.15) is 91.8 Å². The number of benzene rings is 1. The number of carbonyl (C=O) groups is 2. The fourth-order valence-electron chi connectivity index (χ4n) is 4.90. The summed E-state index contributed by atoms with van der Waals surface area (Å²) in [6, 6.07) is 8.62.